The van der Waals surface area contributed by atoms with E-state index in [4.69, 9.17) is 37.9 Å². The van der Waals surface area contributed by atoms with Crippen molar-refractivity contribution in [2.24, 2.45) is 0 Å². The van der Waals surface area contributed by atoms with Crippen LogP contribution in [0.4, 0.5) is 0 Å². The Morgan fingerprint density at radius 3 is 0.830 bits per heavy atom. The molecule has 544 valence electrons. The fraction of sp³-hybridized carbons (Fsp3) is 0.865. The summed E-state index contributed by atoms with van der Waals surface area (Å²) in [7, 11) is 3.10. The fourth-order valence-electron chi connectivity index (χ4n) is 10.9. The SMILES string of the molecule is CCCCCCCCCCCC(=O)OCC(Cn1cc(CCC(=O)OCCOC)nn1)OC(=O)CCCCCCCCCCC.CCCCCCCCCCCCCC(=O)OCC(Cn1cc(CCC(=O)OCCOC)nn1)OC(=O)CCCCCCCCCCCCC. The van der Waals surface area contributed by atoms with E-state index in [1.165, 1.54) is 180 Å². The molecule has 0 aliphatic heterocycles. The maximum absolute atomic E-state index is 12.8. The van der Waals surface area contributed by atoms with Crippen LogP contribution in [0.3, 0.4) is 0 Å². The Bertz CT molecular complexity index is 2110. The molecule has 2 atom stereocenters. The third-order valence-electron chi connectivity index (χ3n) is 16.6. The lowest BCUT2D eigenvalue weighted by molar-refractivity contribution is -0.160. The Morgan fingerprint density at radius 1 is 0.319 bits per heavy atom. The topological polar surface area (TPSA) is 238 Å². The standard InChI is InChI=1S/C39H71N3O7.C35H63N3O7/c1-4-6-8-10-12-14-16-18-20-22-24-26-37(43)48-34-36(33-42-32-35(40-41-42)28-29-38(44)47-31-30-46-3)49-39(45)27-25-23-21-19-17-15-13-11-9-7-5-2;1-4-6-8-10-12-14-16-18-20-22-33(39)44-30-32(45-35(41)23-21-19-17-15-13-11-9-7-5-2)29-38-28-31(36-37-38)24-25-34(40)43-27-26-42-3/h32,36H,4-31,33-34H2,1-3H3;28,32H,4-27,29-30H2,1-3H3. The third kappa shape index (κ3) is 56.2. The number of carbonyl (C=O) groups excluding carboxylic acids is 6. The fourth-order valence-corrected chi connectivity index (χ4v) is 10.9. The van der Waals surface area contributed by atoms with E-state index in [1.54, 1.807) is 36.0 Å². The van der Waals surface area contributed by atoms with E-state index in [0.29, 0.717) is 63.1 Å². The average molecular weight is 1330 g/mol. The van der Waals surface area contributed by atoms with Crippen LogP contribution in [0.25, 0.3) is 0 Å². The van der Waals surface area contributed by atoms with Crippen LogP contribution in [0, 0.1) is 0 Å². The van der Waals surface area contributed by atoms with Gasteiger partial charge in [-0.15, -0.1) is 10.2 Å². The maximum atomic E-state index is 12.8. The van der Waals surface area contributed by atoms with Crippen LogP contribution in [0.15, 0.2) is 12.4 Å². The molecule has 0 bridgehead atoms. The number of ether oxygens (including phenoxy) is 8. The number of esters is 6. The lowest BCUT2D eigenvalue weighted by Gasteiger charge is -2.18. The smallest absolute Gasteiger partial charge is 0.306 e. The second kappa shape index (κ2) is 65.3. The van der Waals surface area contributed by atoms with Crippen molar-refractivity contribution in [1.82, 2.24) is 30.0 Å². The number of nitrogens with zero attached hydrogens (tertiary/aromatic N) is 6. The van der Waals surface area contributed by atoms with Crippen molar-refractivity contribution in [2.75, 3.05) is 53.9 Å². The number of unbranched alkanes of at least 4 members (excludes halogenated alkanes) is 36. The van der Waals surface area contributed by atoms with Gasteiger partial charge in [-0.1, -0.05) is 269 Å². The van der Waals surface area contributed by atoms with E-state index < -0.39 is 12.2 Å². The number of aromatic nitrogens is 6. The second-order valence-electron chi connectivity index (χ2n) is 25.6. The lowest BCUT2D eigenvalue weighted by Crippen LogP contribution is -2.30. The predicted molar refractivity (Wildman–Crippen MR) is 370 cm³/mol. The summed E-state index contributed by atoms with van der Waals surface area (Å²) in [5.41, 5.74) is 1.25. The van der Waals surface area contributed by atoms with Crippen LogP contribution in [-0.4, -0.2) is 132 Å². The molecule has 2 aromatic heterocycles. The number of hydrogen-bond acceptors (Lipinski definition) is 18. The number of methoxy groups -OCH3 is 2. The lowest BCUT2D eigenvalue weighted by atomic mass is 10.1. The van der Waals surface area contributed by atoms with Crippen molar-refractivity contribution in [1.29, 1.82) is 0 Å². The summed E-state index contributed by atoms with van der Waals surface area (Å²) in [5.74, 6) is -1.79. The Morgan fingerprint density at radius 2 is 0.564 bits per heavy atom. The van der Waals surface area contributed by atoms with Crippen molar-refractivity contribution in [2.45, 2.75) is 361 Å². The molecule has 0 radical (unpaired) electrons. The number of rotatable bonds is 66. The van der Waals surface area contributed by atoms with Gasteiger partial charge in [0.25, 0.3) is 0 Å². The van der Waals surface area contributed by atoms with Gasteiger partial charge in [-0.25, -0.2) is 9.36 Å². The molecular weight excluding hydrogens is 1200 g/mol. The first-order valence-corrected chi connectivity index (χ1v) is 37.7. The van der Waals surface area contributed by atoms with Gasteiger partial charge in [-0.05, 0) is 25.7 Å². The molecule has 94 heavy (non-hydrogen) atoms. The van der Waals surface area contributed by atoms with Gasteiger partial charge in [0.05, 0.1) is 50.5 Å². The van der Waals surface area contributed by atoms with E-state index in [-0.39, 0.29) is 88.2 Å². The Balaban J connectivity index is 0.000000943. The molecule has 2 aromatic rings. The average Bonchev–Trinajstić information content (AvgIpc) is 2.57. The molecule has 2 heterocycles. The van der Waals surface area contributed by atoms with Crippen LogP contribution >= 0.6 is 0 Å². The van der Waals surface area contributed by atoms with Gasteiger partial charge in [-0.2, -0.15) is 0 Å². The van der Waals surface area contributed by atoms with Crippen molar-refractivity contribution in [3.8, 4) is 0 Å². The zero-order valence-corrected chi connectivity index (χ0v) is 60.3. The van der Waals surface area contributed by atoms with E-state index in [9.17, 15) is 28.8 Å². The van der Waals surface area contributed by atoms with E-state index in [0.717, 1.165) is 77.0 Å². The predicted octanol–water partition coefficient (Wildman–Crippen LogP) is 17.0. The molecule has 2 rings (SSSR count). The number of hydrogen-bond donors (Lipinski definition) is 0. The van der Waals surface area contributed by atoms with Gasteiger partial charge < -0.3 is 37.9 Å². The minimum atomic E-state index is -0.671. The highest BCUT2D eigenvalue weighted by Gasteiger charge is 2.22. The van der Waals surface area contributed by atoms with Gasteiger partial charge in [0.2, 0.25) is 0 Å². The highest BCUT2D eigenvalue weighted by Crippen LogP contribution is 2.18. The van der Waals surface area contributed by atoms with Crippen molar-refractivity contribution in [3.05, 3.63) is 23.8 Å². The van der Waals surface area contributed by atoms with Crippen LogP contribution in [0.5, 0.6) is 0 Å². The molecule has 0 saturated heterocycles. The Kier molecular flexibility index (Phi) is 60.5. The Hall–Kier alpha value is -4.98. The molecule has 0 spiro atoms. The molecular formula is C74H134N6O14. The molecule has 20 nitrogen and oxygen atoms in total. The zero-order chi connectivity index (χ0) is 68.4. The molecule has 2 unspecified atom stereocenters. The van der Waals surface area contributed by atoms with Gasteiger partial charge in [0.1, 0.15) is 26.4 Å². The van der Waals surface area contributed by atoms with Crippen LogP contribution in [0.1, 0.15) is 334 Å². The molecule has 0 N–H and O–H groups in total. The highest BCUT2D eigenvalue weighted by atomic mass is 16.6. The minimum Gasteiger partial charge on any atom is -0.463 e. The summed E-state index contributed by atoms with van der Waals surface area (Å²) in [6.45, 7) is 10.4. The summed E-state index contributed by atoms with van der Waals surface area (Å²) >= 11 is 0. The molecule has 0 saturated carbocycles. The van der Waals surface area contributed by atoms with Crippen LogP contribution in [-0.2, 0) is 92.6 Å². The molecule has 20 heteroatoms. The van der Waals surface area contributed by atoms with E-state index in [2.05, 4.69) is 48.3 Å². The first-order valence-electron chi connectivity index (χ1n) is 37.7. The van der Waals surface area contributed by atoms with Crippen LogP contribution < -0.4 is 0 Å². The van der Waals surface area contributed by atoms with Gasteiger partial charge >= 0.3 is 35.8 Å². The summed E-state index contributed by atoms with van der Waals surface area (Å²) in [4.78, 5) is 74.2. The quantitative estimate of drug-likeness (QED) is 0.0340. The van der Waals surface area contributed by atoms with Crippen molar-refractivity contribution >= 4 is 35.8 Å². The zero-order valence-electron chi connectivity index (χ0n) is 60.3. The molecule has 0 amide bonds. The van der Waals surface area contributed by atoms with Gasteiger partial charge in [0.15, 0.2) is 12.2 Å². The highest BCUT2D eigenvalue weighted by molar-refractivity contribution is 5.71. The minimum absolute atomic E-state index is 0.0259. The van der Waals surface area contributed by atoms with Gasteiger partial charge in [0, 0.05) is 65.1 Å². The van der Waals surface area contributed by atoms with Crippen molar-refractivity contribution < 1.29 is 66.7 Å². The summed E-state index contributed by atoms with van der Waals surface area (Å²) in [6, 6.07) is 0. The number of carbonyl (C=O) groups is 6. The Labute approximate surface area is 569 Å². The van der Waals surface area contributed by atoms with Crippen molar-refractivity contribution in [3.63, 3.8) is 0 Å². The largest absolute Gasteiger partial charge is 0.463 e. The number of aryl methyl sites for hydroxylation is 2. The first kappa shape index (κ1) is 87.0. The second-order valence-corrected chi connectivity index (χ2v) is 25.6. The molecule has 0 aliphatic rings. The summed E-state index contributed by atoms with van der Waals surface area (Å²) < 4.78 is 45.7. The van der Waals surface area contributed by atoms with Gasteiger partial charge in [-0.3, -0.25) is 28.8 Å². The first-order chi connectivity index (χ1) is 46.0. The summed E-state index contributed by atoms with van der Waals surface area (Å²) in [5, 5.41) is 16.6. The maximum Gasteiger partial charge on any atom is 0.306 e. The monoisotopic (exact) mass is 1330 g/mol. The third-order valence-corrected chi connectivity index (χ3v) is 16.6. The summed E-state index contributed by atoms with van der Waals surface area (Å²) in [6.07, 6.45) is 52.5. The van der Waals surface area contributed by atoms with Crippen LogP contribution in [0.2, 0.25) is 0 Å². The molecule has 0 aliphatic carbocycles. The van der Waals surface area contributed by atoms with E-state index >= 15 is 0 Å². The van der Waals surface area contributed by atoms with E-state index in [1.807, 2.05) is 0 Å². The molecule has 0 aromatic carbocycles. The molecule has 0 fully saturated rings. The normalized spacial score (nSPS) is 11.8.